The Morgan fingerprint density at radius 2 is 2.18 bits per heavy atom. The van der Waals surface area contributed by atoms with Crippen LogP contribution in [0.3, 0.4) is 0 Å². The highest BCUT2D eigenvalue weighted by atomic mass is 15.2. The van der Waals surface area contributed by atoms with Crippen molar-refractivity contribution in [1.29, 1.82) is 0 Å². The largest absolute Gasteiger partial charge is 0.399 e. The zero-order valence-electron chi connectivity index (χ0n) is 11.0. The van der Waals surface area contributed by atoms with Crippen molar-refractivity contribution in [3.8, 4) is 0 Å². The van der Waals surface area contributed by atoms with E-state index in [9.17, 15) is 0 Å². The van der Waals surface area contributed by atoms with Crippen molar-refractivity contribution in [2.75, 3.05) is 12.3 Å². The number of nitrogens with two attached hydrogens (primary N) is 1. The number of anilines is 1. The first kappa shape index (κ1) is 12.4. The van der Waals surface area contributed by atoms with Gasteiger partial charge in [-0.05, 0) is 36.5 Å². The molecule has 17 heavy (non-hydrogen) atoms. The van der Waals surface area contributed by atoms with Crippen molar-refractivity contribution in [3.63, 3.8) is 0 Å². The van der Waals surface area contributed by atoms with Crippen LogP contribution in [0.2, 0.25) is 0 Å². The van der Waals surface area contributed by atoms with Crippen LogP contribution in [0.4, 0.5) is 5.69 Å². The van der Waals surface area contributed by atoms with Gasteiger partial charge >= 0.3 is 0 Å². The summed E-state index contributed by atoms with van der Waals surface area (Å²) >= 11 is 0. The number of nitrogens with zero attached hydrogens (tertiary/aromatic N) is 1. The number of rotatable bonds is 6. The molecule has 1 aromatic carbocycles. The second kappa shape index (κ2) is 5.54. The summed E-state index contributed by atoms with van der Waals surface area (Å²) in [5.74, 6) is 0.789. The van der Waals surface area contributed by atoms with Crippen molar-refractivity contribution in [1.82, 2.24) is 4.90 Å². The number of nitrogen functional groups attached to an aromatic ring is 1. The summed E-state index contributed by atoms with van der Waals surface area (Å²) in [7, 11) is 0. The van der Waals surface area contributed by atoms with E-state index in [1.165, 1.54) is 31.4 Å². The van der Waals surface area contributed by atoms with Gasteiger partial charge in [0.15, 0.2) is 0 Å². The van der Waals surface area contributed by atoms with Crippen LogP contribution in [-0.2, 0) is 6.54 Å². The van der Waals surface area contributed by atoms with E-state index < -0.39 is 0 Å². The van der Waals surface area contributed by atoms with E-state index in [1.807, 2.05) is 6.07 Å². The smallest absolute Gasteiger partial charge is 0.0317 e. The minimum atomic E-state index is 0.789. The molecule has 0 amide bonds. The summed E-state index contributed by atoms with van der Waals surface area (Å²) in [5.41, 5.74) is 8.06. The van der Waals surface area contributed by atoms with Crippen LogP contribution in [0, 0.1) is 5.92 Å². The summed E-state index contributed by atoms with van der Waals surface area (Å²) in [5, 5.41) is 0. The van der Waals surface area contributed by atoms with Gasteiger partial charge in [0.1, 0.15) is 0 Å². The van der Waals surface area contributed by atoms with Crippen molar-refractivity contribution in [3.05, 3.63) is 29.8 Å². The SMILES string of the molecule is CCC(C)CN(Cc1cccc(N)c1)C1CC1. The van der Waals surface area contributed by atoms with Crippen LogP contribution in [0.15, 0.2) is 24.3 Å². The minimum absolute atomic E-state index is 0.789. The van der Waals surface area contributed by atoms with Crippen LogP contribution in [0.25, 0.3) is 0 Å². The molecule has 1 fully saturated rings. The van der Waals surface area contributed by atoms with Crippen molar-refractivity contribution in [2.24, 2.45) is 5.92 Å². The number of benzene rings is 1. The maximum Gasteiger partial charge on any atom is 0.0317 e. The fraction of sp³-hybridized carbons (Fsp3) is 0.600. The Morgan fingerprint density at radius 3 is 2.76 bits per heavy atom. The molecule has 1 atom stereocenters. The van der Waals surface area contributed by atoms with Crippen LogP contribution in [-0.4, -0.2) is 17.5 Å². The predicted octanol–water partition coefficient (Wildman–Crippen LogP) is 3.28. The fourth-order valence-electron chi connectivity index (χ4n) is 2.24. The van der Waals surface area contributed by atoms with E-state index in [0.29, 0.717) is 0 Å². The summed E-state index contributed by atoms with van der Waals surface area (Å²) in [6.45, 7) is 6.89. The molecule has 1 unspecified atom stereocenters. The second-order valence-electron chi connectivity index (χ2n) is 5.42. The highest BCUT2D eigenvalue weighted by Gasteiger charge is 2.29. The molecular weight excluding hydrogens is 208 g/mol. The Kier molecular flexibility index (Phi) is 4.06. The molecule has 2 N–H and O–H groups in total. The Bertz CT molecular complexity index is 358. The van der Waals surface area contributed by atoms with Gasteiger partial charge in [-0.1, -0.05) is 32.4 Å². The van der Waals surface area contributed by atoms with Crippen LogP contribution >= 0.6 is 0 Å². The lowest BCUT2D eigenvalue weighted by atomic mass is 10.1. The van der Waals surface area contributed by atoms with E-state index in [4.69, 9.17) is 5.73 Å². The van der Waals surface area contributed by atoms with Gasteiger partial charge < -0.3 is 5.73 Å². The number of hydrogen-bond acceptors (Lipinski definition) is 2. The lowest BCUT2D eigenvalue weighted by Gasteiger charge is -2.25. The minimum Gasteiger partial charge on any atom is -0.399 e. The van der Waals surface area contributed by atoms with Gasteiger partial charge in [-0.3, -0.25) is 4.90 Å². The van der Waals surface area contributed by atoms with Crippen LogP contribution in [0.1, 0.15) is 38.7 Å². The molecule has 1 aliphatic rings. The molecule has 1 aliphatic carbocycles. The molecule has 0 saturated heterocycles. The van der Waals surface area contributed by atoms with Gasteiger partial charge in [0.2, 0.25) is 0 Å². The van der Waals surface area contributed by atoms with Crippen LogP contribution in [0.5, 0.6) is 0 Å². The molecule has 0 spiro atoms. The van der Waals surface area contributed by atoms with Crippen LogP contribution < -0.4 is 5.73 Å². The van der Waals surface area contributed by atoms with Crippen molar-refractivity contribution in [2.45, 2.75) is 45.7 Å². The molecule has 0 aromatic heterocycles. The first-order valence-corrected chi connectivity index (χ1v) is 6.77. The van der Waals surface area contributed by atoms with Gasteiger partial charge in [0.05, 0.1) is 0 Å². The van der Waals surface area contributed by atoms with Gasteiger partial charge in [0, 0.05) is 24.8 Å². The van der Waals surface area contributed by atoms with E-state index in [2.05, 4.69) is 36.9 Å². The van der Waals surface area contributed by atoms with E-state index in [-0.39, 0.29) is 0 Å². The third kappa shape index (κ3) is 3.74. The lowest BCUT2D eigenvalue weighted by Crippen LogP contribution is -2.30. The Balaban J connectivity index is 1.97. The van der Waals surface area contributed by atoms with Gasteiger partial charge in [-0.2, -0.15) is 0 Å². The van der Waals surface area contributed by atoms with Crippen molar-refractivity contribution >= 4 is 5.69 Å². The highest BCUT2D eigenvalue weighted by molar-refractivity contribution is 5.40. The molecule has 94 valence electrons. The normalized spacial score (nSPS) is 17.4. The summed E-state index contributed by atoms with van der Waals surface area (Å²) in [6.07, 6.45) is 4.01. The van der Waals surface area contributed by atoms with Gasteiger partial charge in [-0.15, -0.1) is 0 Å². The lowest BCUT2D eigenvalue weighted by molar-refractivity contribution is 0.217. The number of hydrogen-bond donors (Lipinski definition) is 1. The Hall–Kier alpha value is -1.02. The zero-order chi connectivity index (χ0) is 12.3. The zero-order valence-corrected chi connectivity index (χ0v) is 11.0. The van der Waals surface area contributed by atoms with E-state index >= 15 is 0 Å². The maximum absolute atomic E-state index is 5.83. The molecule has 0 radical (unpaired) electrons. The third-order valence-corrected chi connectivity index (χ3v) is 3.64. The Morgan fingerprint density at radius 1 is 1.41 bits per heavy atom. The molecular formula is C15H24N2. The average Bonchev–Trinajstić information content (AvgIpc) is 3.12. The van der Waals surface area contributed by atoms with Crippen molar-refractivity contribution < 1.29 is 0 Å². The standard InChI is InChI=1S/C15H24N2/c1-3-12(2)10-17(15-7-8-15)11-13-5-4-6-14(16)9-13/h4-6,9,12,15H,3,7-8,10-11,16H2,1-2H3. The predicted molar refractivity (Wildman–Crippen MR) is 73.7 cm³/mol. The first-order chi connectivity index (χ1) is 8.19. The maximum atomic E-state index is 5.83. The molecule has 0 aliphatic heterocycles. The third-order valence-electron chi connectivity index (χ3n) is 3.64. The molecule has 2 heteroatoms. The fourth-order valence-corrected chi connectivity index (χ4v) is 2.24. The van der Waals surface area contributed by atoms with Gasteiger partial charge in [0.25, 0.3) is 0 Å². The van der Waals surface area contributed by atoms with E-state index in [0.717, 1.165) is 24.2 Å². The average molecular weight is 232 g/mol. The molecule has 1 saturated carbocycles. The molecule has 0 heterocycles. The second-order valence-corrected chi connectivity index (χ2v) is 5.42. The highest BCUT2D eigenvalue weighted by Crippen LogP contribution is 2.29. The summed E-state index contributed by atoms with van der Waals surface area (Å²) in [4.78, 5) is 2.63. The molecule has 2 nitrogen and oxygen atoms in total. The first-order valence-electron chi connectivity index (χ1n) is 6.77. The molecule has 0 bridgehead atoms. The Labute approximate surface area is 105 Å². The summed E-state index contributed by atoms with van der Waals surface area (Å²) in [6, 6.07) is 9.12. The topological polar surface area (TPSA) is 29.3 Å². The monoisotopic (exact) mass is 232 g/mol. The molecule has 2 rings (SSSR count). The molecule has 1 aromatic rings. The van der Waals surface area contributed by atoms with Gasteiger partial charge in [-0.25, -0.2) is 0 Å². The quantitative estimate of drug-likeness (QED) is 0.763. The van der Waals surface area contributed by atoms with E-state index in [1.54, 1.807) is 0 Å². The summed E-state index contributed by atoms with van der Waals surface area (Å²) < 4.78 is 0.